The normalized spacial score (nSPS) is 16.3. The summed E-state index contributed by atoms with van der Waals surface area (Å²) < 4.78 is 0. The fourth-order valence-corrected chi connectivity index (χ4v) is 3.46. The standard InChI is InChI=1S/C19H44N4/c1-16(9-5-7-11-20)10-6-8-12-23-18(22)14-19(3,4)13-17(2)15-21/h16-18,23H,5-15,20-22H2,1-4H3. The third-order valence-corrected chi connectivity index (χ3v) is 4.76. The van der Waals surface area contributed by atoms with E-state index in [4.69, 9.17) is 17.2 Å². The molecular weight excluding hydrogens is 284 g/mol. The first-order chi connectivity index (χ1) is 10.8. The Morgan fingerprint density at radius 3 is 2.04 bits per heavy atom. The Balaban J connectivity index is 3.68. The van der Waals surface area contributed by atoms with Gasteiger partial charge in [-0.05, 0) is 62.6 Å². The van der Waals surface area contributed by atoms with Crippen molar-refractivity contribution >= 4 is 0 Å². The molecule has 0 spiro atoms. The molecule has 0 saturated carbocycles. The van der Waals surface area contributed by atoms with Crippen LogP contribution in [0.5, 0.6) is 0 Å². The molecule has 4 heteroatoms. The van der Waals surface area contributed by atoms with Crippen molar-refractivity contribution in [2.24, 2.45) is 34.5 Å². The largest absolute Gasteiger partial charge is 0.330 e. The SMILES string of the molecule is CC(CCCCN)CCCCNC(N)CC(C)(C)CC(C)CN. The van der Waals surface area contributed by atoms with Crippen LogP contribution in [-0.4, -0.2) is 25.8 Å². The first-order valence-electron chi connectivity index (χ1n) is 9.70. The first kappa shape index (κ1) is 22.8. The molecule has 0 aliphatic rings. The Labute approximate surface area is 145 Å². The second-order valence-corrected chi connectivity index (χ2v) is 8.36. The lowest BCUT2D eigenvalue weighted by Crippen LogP contribution is -2.42. The summed E-state index contributed by atoms with van der Waals surface area (Å²) in [7, 11) is 0. The molecule has 0 radical (unpaired) electrons. The zero-order valence-corrected chi connectivity index (χ0v) is 16.2. The molecule has 0 aromatic carbocycles. The summed E-state index contributed by atoms with van der Waals surface area (Å²) in [6.07, 6.45) is 9.82. The van der Waals surface area contributed by atoms with Gasteiger partial charge in [0.15, 0.2) is 0 Å². The van der Waals surface area contributed by atoms with E-state index in [1.54, 1.807) is 0 Å². The average Bonchev–Trinajstić information content (AvgIpc) is 2.45. The van der Waals surface area contributed by atoms with Crippen LogP contribution in [0.2, 0.25) is 0 Å². The smallest absolute Gasteiger partial charge is 0.0551 e. The molecule has 4 nitrogen and oxygen atoms in total. The quantitative estimate of drug-likeness (QED) is 0.274. The van der Waals surface area contributed by atoms with Crippen LogP contribution in [-0.2, 0) is 0 Å². The molecule has 0 rings (SSSR count). The Hall–Kier alpha value is -0.160. The van der Waals surface area contributed by atoms with Gasteiger partial charge in [-0.15, -0.1) is 0 Å². The van der Waals surface area contributed by atoms with Crippen LogP contribution in [0.15, 0.2) is 0 Å². The van der Waals surface area contributed by atoms with Crippen molar-refractivity contribution < 1.29 is 0 Å². The molecule has 0 amide bonds. The monoisotopic (exact) mass is 328 g/mol. The highest BCUT2D eigenvalue weighted by Gasteiger charge is 2.23. The van der Waals surface area contributed by atoms with E-state index in [-0.39, 0.29) is 11.6 Å². The van der Waals surface area contributed by atoms with Crippen molar-refractivity contribution in [3.63, 3.8) is 0 Å². The van der Waals surface area contributed by atoms with Crippen molar-refractivity contribution in [1.82, 2.24) is 5.32 Å². The highest BCUT2D eigenvalue weighted by molar-refractivity contribution is 4.77. The first-order valence-corrected chi connectivity index (χ1v) is 9.70. The van der Waals surface area contributed by atoms with Crippen LogP contribution in [0.4, 0.5) is 0 Å². The van der Waals surface area contributed by atoms with E-state index in [0.29, 0.717) is 5.92 Å². The number of nitrogens with two attached hydrogens (primary N) is 3. The van der Waals surface area contributed by atoms with Gasteiger partial charge in [-0.2, -0.15) is 0 Å². The third-order valence-electron chi connectivity index (χ3n) is 4.76. The second kappa shape index (κ2) is 13.2. The summed E-state index contributed by atoms with van der Waals surface area (Å²) in [6, 6.07) is 0. The Bertz CT molecular complexity index is 268. The minimum atomic E-state index is 0.0944. The van der Waals surface area contributed by atoms with E-state index >= 15 is 0 Å². The zero-order chi connectivity index (χ0) is 17.7. The van der Waals surface area contributed by atoms with Crippen molar-refractivity contribution in [2.45, 2.75) is 85.2 Å². The minimum absolute atomic E-state index is 0.0944. The summed E-state index contributed by atoms with van der Waals surface area (Å²) in [5, 5.41) is 3.49. The van der Waals surface area contributed by atoms with Gasteiger partial charge in [0.1, 0.15) is 0 Å². The van der Waals surface area contributed by atoms with Gasteiger partial charge in [0.05, 0.1) is 6.17 Å². The molecule has 7 N–H and O–H groups in total. The number of unbranched alkanes of at least 4 members (excludes halogenated alkanes) is 2. The van der Waals surface area contributed by atoms with Crippen molar-refractivity contribution in [1.29, 1.82) is 0 Å². The van der Waals surface area contributed by atoms with Gasteiger partial charge in [0.25, 0.3) is 0 Å². The van der Waals surface area contributed by atoms with Crippen LogP contribution in [0.25, 0.3) is 0 Å². The summed E-state index contributed by atoms with van der Waals surface area (Å²) in [6.45, 7) is 11.8. The lowest BCUT2D eigenvalue weighted by Gasteiger charge is -2.30. The van der Waals surface area contributed by atoms with E-state index < -0.39 is 0 Å². The minimum Gasteiger partial charge on any atom is -0.330 e. The molecule has 3 unspecified atom stereocenters. The van der Waals surface area contributed by atoms with Crippen molar-refractivity contribution in [3.8, 4) is 0 Å². The lowest BCUT2D eigenvalue weighted by molar-refractivity contribution is 0.227. The van der Waals surface area contributed by atoms with E-state index in [1.807, 2.05) is 0 Å². The third kappa shape index (κ3) is 13.9. The van der Waals surface area contributed by atoms with Crippen LogP contribution in [0.1, 0.15) is 79.1 Å². The van der Waals surface area contributed by atoms with E-state index in [9.17, 15) is 0 Å². The van der Waals surface area contributed by atoms with Gasteiger partial charge in [-0.1, -0.05) is 53.4 Å². The fraction of sp³-hybridized carbons (Fsp3) is 1.00. The summed E-state index contributed by atoms with van der Waals surface area (Å²) in [4.78, 5) is 0. The Morgan fingerprint density at radius 2 is 1.48 bits per heavy atom. The van der Waals surface area contributed by atoms with E-state index in [2.05, 4.69) is 33.0 Å². The maximum absolute atomic E-state index is 6.25. The van der Waals surface area contributed by atoms with Gasteiger partial charge in [-0.3, -0.25) is 0 Å². The van der Waals surface area contributed by atoms with E-state index in [1.165, 1.54) is 38.5 Å². The van der Waals surface area contributed by atoms with Gasteiger partial charge in [0, 0.05) is 0 Å². The van der Waals surface area contributed by atoms with Crippen LogP contribution in [0.3, 0.4) is 0 Å². The predicted octanol–water partition coefficient (Wildman–Crippen LogP) is 3.20. The summed E-state index contributed by atoms with van der Waals surface area (Å²) in [5.41, 5.74) is 17.8. The Morgan fingerprint density at radius 1 is 0.870 bits per heavy atom. The molecule has 0 heterocycles. The molecule has 0 aliphatic carbocycles. The topological polar surface area (TPSA) is 90.1 Å². The maximum atomic E-state index is 6.25. The number of hydrogen-bond acceptors (Lipinski definition) is 4. The highest BCUT2D eigenvalue weighted by Crippen LogP contribution is 2.29. The molecule has 0 aromatic heterocycles. The Kier molecular flexibility index (Phi) is 13.1. The summed E-state index contributed by atoms with van der Waals surface area (Å²) >= 11 is 0. The molecule has 0 aromatic rings. The fourth-order valence-electron chi connectivity index (χ4n) is 3.46. The molecule has 3 atom stereocenters. The molecule has 140 valence electrons. The van der Waals surface area contributed by atoms with Gasteiger partial charge in [0.2, 0.25) is 0 Å². The van der Waals surface area contributed by atoms with Crippen LogP contribution < -0.4 is 22.5 Å². The van der Waals surface area contributed by atoms with Crippen LogP contribution in [0, 0.1) is 17.3 Å². The number of hydrogen-bond donors (Lipinski definition) is 4. The van der Waals surface area contributed by atoms with E-state index in [0.717, 1.165) is 38.4 Å². The average molecular weight is 329 g/mol. The van der Waals surface area contributed by atoms with Gasteiger partial charge >= 0.3 is 0 Å². The second-order valence-electron chi connectivity index (χ2n) is 8.36. The van der Waals surface area contributed by atoms with Gasteiger partial charge in [-0.25, -0.2) is 0 Å². The van der Waals surface area contributed by atoms with Gasteiger partial charge < -0.3 is 22.5 Å². The van der Waals surface area contributed by atoms with Crippen LogP contribution >= 0.6 is 0 Å². The molecule has 23 heavy (non-hydrogen) atoms. The molecule has 0 aliphatic heterocycles. The molecule has 0 saturated heterocycles. The van der Waals surface area contributed by atoms with Crippen molar-refractivity contribution in [2.75, 3.05) is 19.6 Å². The predicted molar refractivity (Wildman–Crippen MR) is 103 cm³/mol. The molecular formula is C19H44N4. The van der Waals surface area contributed by atoms with Crippen molar-refractivity contribution in [3.05, 3.63) is 0 Å². The zero-order valence-electron chi connectivity index (χ0n) is 16.2. The molecule has 0 fully saturated rings. The summed E-state index contributed by atoms with van der Waals surface area (Å²) in [5.74, 6) is 1.39. The highest BCUT2D eigenvalue weighted by atomic mass is 15.0. The molecule has 0 bridgehead atoms. The number of rotatable bonds is 15. The number of nitrogens with one attached hydrogen (secondary N) is 1. The lowest BCUT2D eigenvalue weighted by atomic mass is 9.80. The maximum Gasteiger partial charge on any atom is 0.0551 e.